The third kappa shape index (κ3) is 4.88. The SMILES string of the molecule is CC1(C)c2ccccc2-c2cccc(C3=NCCC=C3C3C=CC(c4cc(-c5ccccc5)nc(C5=CC=CCC5)n4)=CC3)c21. The van der Waals surface area contributed by atoms with E-state index in [2.05, 4.69) is 135 Å². The summed E-state index contributed by atoms with van der Waals surface area (Å²) < 4.78 is 0. The third-order valence-electron chi connectivity index (χ3n) is 9.76. The van der Waals surface area contributed by atoms with Crippen LogP contribution in [0.4, 0.5) is 0 Å². The average molecular weight is 584 g/mol. The smallest absolute Gasteiger partial charge is 0.156 e. The van der Waals surface area contributed by atoms with Gasteiger partial charge in [-0.2, -0.15) is 0 Å². The van der Waals surface area contributed by atoms with Gasteiger partial charge < -0.3 is 0 Å². The van der Waals surface area contributed by atoms with Crippen molar-refractivity contribution in [3.8, 4) is 22.4 Å². The lowest BCUT2D eigenvalue weighted by molar-refractivity contribution is 0.658. The van der Waals surface area contributed by atoms with Crippen LogP contribution in [0.15, 0.2) is 132 Å². The molecule has 3 nitrogen and oxygen atoms in total. The number of benzene rings is 3. The molecule has 0 radical (unpaired) electrons. The van der Waals surface area contributed by atoms with Gasteiger partial charge in [0.05, 0.1) is 17.1 Å². The van der Waals surface area contributed by atoms with Gasteiger partial charge in [-0.1, -0.05) is 129 Å². The highest BCUT2D eigenvalue weighted by Crippen LogP contribution is 2.50. The van der Waals surface area contributed by atoms with Crippen molar-refractivity contribution in [2.75, 3.05) is 6.54 Å². The van der Waals surface area contributed by atoms with Crippen LogP contribution in [0, 0.1) is 5.92 Å². The predicted octanol–water partition coefficient (Wildman–Crippen LogP) is 9.96. The zero-order chi connectivity index (χ0) is 30.4. The summed E-state index contributed by atoms with van der Waals surface area (Å²) in [5.74, 6) is 1.11. The Labute approximate surface area is 266 Å². The van der Waals surface area contributed by atoms with Crippen LogP contribution in [0.3, 0.4) is 0 Å². The highest BCUT2D eigenvalue weighted by atomic mass is 14.9. The maximum absolute atomic E-state index is 5.21. The number of aliphatic imine (C=N–C) groups is 1. The number of fused-ring (bicyclic) bond motifs is 3. The topological polar surface area (TPSA) is 38.1 Å². The largest absolute Gasteiger partial charge is 0.284 e. The van der Waals surface area contributed by atoms with Gasteiger partial charge in [-0.05, 0) is 70.7 Å². The van der Waals surface area contributed by atoms with Crippen molar-refractivity contribution < 1.29 is 0 Å². The number of hydrogen-bond acceptors (Lipinski definition) is 3. The van der Waals surface area contributed by atoms with Crippen molar-refractivity contribution in [3.63, 3.8) is 0 Å². The van der Waals surface area contributed by atoms with Crippen LogP contribution in [-0.2, 0) is 5.41 Å². The molecule has 4 aromatic rings. The lowest BCUT2D eigenvalue weighted by atomic mass is 9.76. The summed E-state index contributed by atoms with van der Waals surface area (Å²) >= 11 is 0. The quantitative estimate of drug-likeness (QED) is 0.234. The standard InChI is InChI=1S/C42H37N3/c1-42(2)36-21-10-9-17-33(36)34-18-11-19-35(39(34)42)40-32(20-12-26-43-40)28-22-24-30(25-23-28)38-27-37(29-13-5-3-6-14-29)44-41(45-38)31-15-7-4-8-16-31/h3-7,9-11,13-15,17-22,24-25,27-28H,8,12,16,23,26H2,1-2H3. The molecule has 0 fully saturated rings. The summed E-state index contributed by atoms with van der Waals surface area (Å²) in [4.78, 5) is 15.3. The van der Waals surface area contributed by atoms with Crippen molar-refractivity contribution in [3.05, 3.63) is 155 Å². The molecule has 1 aliphatic heterocycles. The first-order valence-corrected chi connectivity index (χ1v) is 16.3. The van der Waals surface area contributed by atoms with Gasteiger partial charge in [-0.15, -0.1) is 0 Å². The summed E-state index contributed by atoms with van der Waals surface area (Å²) in [5.41, 5.74) is 14.6. The molecule has 8 rings (SSSR count). The van der Waals surface area contributed by atoms with Crippen LogP contribution in [-0.4, -0.2) is 22.2 Å². The van der Waals surface area contributed by atoms with E-state index in [0.717, 1.165) is 60.6 Å². The van der Waals surface area contributed by atoms with Crippen molar-refractivity contribution >= 4 is 16.9 Å². The average Bonchev–Trinajstić information content (AvgIpc) is 3.35. The van der Waals surface area contributed by atoms with Gasteiger partial charge >= 0.3 is 0 Å². The third-order valence-corrected chi connectivity index (χ3v) is 9.76. The first kappa shape index (κ1) is 27.6. The maximum Gasteiger partial charge on any atom is 0.156 e. The fraction of sp³-hybridized carbons (Fsp3) is 0.214. The van der Waals surface area contributed by atoms with E-state index in [0.29, 0.717) is 0 Å². The number of nitrogens with zero attached hydrogens (tertiary/aromatic N) is 3. The van der Waals surface area contributed by atoms with Crippen molar-refractivity contribution in [2.45, 2.75) is 44.9 Å². The molecule has 2 heterocycles. The molecule has 3 aromatic carbocycles. The minimum Gasteiger partial charge on any atom is -0.284 e. The van der Waals surface area contributed by atoms with E-state index in [4.69, 9.17) is 15.0 Å². The lowest BCUT2D eigenvalue weighted by Gasteiger charge is -2.29. The predicted molar refractivity (Wildman–Crippen MR) is 187 cm³/mol. The first-order chi connectivity index (χ1) is 22.1. The molecule has 1 unspecified atom stereocenters. The summed E-state index contributed by atoms with van der Waals surface area (Å²) in [6.45, 7) is 5.57. The molecule has 4 aliphatic rings. The molecule has 3 aliphatic carbocycles. The van der Waals surface area contributed by atoms with Crippen LogP contribution in [0.2, 0.25) is 0 Å². The Morgan fingerprint density at radius 1 is 0.778 bits per heavy atom. The zero-order valence-corrected chi connectivity index (χ0v) is 26.0. The molecular formula is C42H37N3. The number of rotatable bonds is 5. The molecule has 0 amide bonds. The second kappa shape index (κ2) is 11.2. The molecule has 1 aromatic heterocycles. The van der Waals surface area contributed by atoms with E-state index in [1.807, 2.05) is 0 Å². The summed E-state index contributed by atoms with van der Waals surface area (Å²) in [7, 11) is 0. The number of allylic oxidation sites excluding steroid dienone is 9. The Kier molecular flexibility index (Phi) is 6.90. The van der Waals surface area contributed by atoms with Gasteiger partial charge in [0.15, 0.2) is 5.82 Å². The second-order valence-corrected chi connectivity index (χ2v) is 12.9. The van der Waals surface area contributed by atoms with Crippen LogP contribution in [0.25, 0.3) is 33.5 Å². The first-order valence-electron chi connectivity index (χ1n) is 16.3. The lowest BCUT2D eigenvalue weighted by Crippen LogP contribution is -2.23. The van der Waals surface area contributed by atoms with Gasteiger partial charge in [0.1, 0.15) is 0 Å². The minimum atomic E-state index is -0.0756. The molecule has 0 N–H and O–H groups in total. The van der Waals surface area contributed by atoms with E-state index in [1.54, 1.807) is 0 Å². The highest BCUT2D eigenvalue weighted by molar-refractivity contribution is 6.16. The van der Waals surface area contributed by atoms with Crippen molar-refractivity contribution in [1.82, 2.24) is 9.97 Å². The molecule has 0 spiro atoms. The Morgan fingerprint density at radius 2 is 1.58 bits per heavy atom. The Morgan fingerprint density at radius 3 is 2.40 bits per heavy atom. The van der Waals surface area contributed by atoms with Crippen molar-refractivity contribution in [1.29, 1.82) is 0 Å². The highest BCUT2D eigenvalue weighted by Gasteiger charge is 2.38. The Hall–Kier alpha value is -4.89. The molecular weight excluding hydrogens is 546 g/mol. The molecule has 45 heavy (non-hydrogen) atoms. The van der Waals surface area contributed by atoms with Crippen LogP contribution < -0.4 is 0 Å². The summed E-state index contributed by atoms with van der Waals surface area (Å²) in [6, 6.07) is 28.3. The Balaban J connectivity index is 1.12. The van der Waals surface area contributed by atoms with Gasteiger partial charge in [0.25, 0.3) is 0 Å². The summed E-state index contributed by atoms with van der Waals surface area (Å²) in [5, 5.41) is 0. The molecule has 0 saturated carbocycles. The second-order valence-electron chi connectivity index (χ2n) is 12.9. The minimum absolute atomic E-state index is 0.0756. The zero-order valence-electron chi connectivity index (χ0n) is 26.0. The van der Waals surface area contributed by atoms with Gasteiger partial charge in [0.2, 0.25) is 0 Å². The van der Waals surface area contributed by atoms with Crippen LogP contribution >= 0.6 is 0 Å². The molecule has 0 bridgehead atoms. The fourth-order valence-electron chi connectivity index (χ4n) is 7.52. The maximum atomic E-state index is 5.21. The molecule has 220 valence electrons. The normalized spacial score (nSPS) is 19.6. The van der Waals surface area contributed by atoms with E-state index in [9.17, 15) is 0 Å². The van der Waals surface area contributed by atoms with E-state index in [-0.39, 0.29) is 11.3 Å². The molecule has 1 atom stereocenters. The number of aromatic nitrogens is 2. The number of dihydropyridines is 1. The Bertz CT molecular complexity index is 2000. The van der Waals surface area contributed by atoms with Gasteiger partial charge in [-0.3, -0.25) is 4.99 Å². The molecule has 0 saturated heterocycles. The number of hydrogen-bond donors (Lipinski definition) is 0. The fourth-order valence-corrected chi connectivity index (χ4v) is 7.52. The van der Waals surface area contributed by atoms with Crippen LogP contribution in [0.5, 0.6) is 0 Å². The monoisotopic (exact) mass is 583 g/mol. The molecule has 3 heteroatoms. The van der Waals surface area contributed by atoms with Gasteiger partial charge in [-0.25, -0.2) is 9.97 Å². The van der Waals surface area contributed by atoms with E-state index >= 15 is 0 Å². The van der Waals surface area contributed by atoms with E-state index in [1.165, 1.54) is 44.7 Å². The van der Waals surface area contributed by atoms with Crippen LogP contribution in [0.1, 0.15) is 67.7 Å². The van der Waals surface area contributed by atoms with E-state index < -0.39 is 0 Å². The van der Waals surface area contributed by atoms with Gasteiger partial charge in [0, 0.05) is 29.0 Å². The van der Waals surface area contributed by atoms with Crippen molar-refractivity contribution in [2.24, 2.45) is 10.9 Å². The summed E-state index contributed by atoms with van der Waals surface area (Å²) in [6.07, 6.45) is 19.8.